The number of hydrogen-bond acceptors (Lipinski definition) is 1. The number of carbonyl (C=O) groups is 1. The molecule has 2 nitrogen and oxygen atoms in total. The van der Waals surface area contributed by atoms with Gasteiger partial charge in [-0.05, 0) is 6.42 Å². The monoisotopic (exact) mass is 231 g/mol. The van der Waals surface area contributed by atoms with Crippen molar-refractivity contribution < 1.29 is 9.90 Å². The van der Waals surface area contributed by atoms with Gasteiger partial charge in [0.1, 0.15) is 0 Å². The third-order valence-corrected chi connectivity index (χ3v) is 2.70. The van der Waals surface area contributed by atoms with Crippen LogP contribution in [0.4, 0.5) is 0 Å². The van der Waals surface area contributed by atoms with E-state index in [1.807, 2.05) is 27.8 Å². The van der Waals surface area contributed by atoms with Crippen LogP contribution < -0.4 is 0 Å². The summed E-state index contributed by atoms with van der Waals surface area (Å²) < 4.78 is 1.17. The second-order valence-electron chi connectivity index (χ2n) is 3.59. The SMILES string of the molecule is CCCCCC(=O)O.[Mg+2][CH2]c1ccccc1. The van der Waals surface area contributed by atoms with E-state index in [1.165, 1.54) is 10.1 Å². The van der Waals surface area contributed by atoms with Crippen molar-refractivity contribution in [1.29, 1.82) is 0 Å². The van der Waals surface area contributed by atoms with Gasteiger partial charge in [-0.3, -0.25) is 4.79 Å². The second-order valence-corrected chi connectivity index (χ2v) is 4.09. The lowest BCUT2D eigenvalue weighted by Gasteiger charge is -1.89. The highest BCUT2D eigenvalue weighted by atomic mass is 24.4. The van der Waals surface area contributed by atoms with E-state index >= 15 is 0 Å². The Bertz CT molecular complexity index is 273. The fraction of sp³-hybridized carbons (Fsp3) is 0.462. The van der Waals surface area contributed by atoms with Crippen molar-refractivity contribution in [2.75, 3.05) is 0 Å². The summed E-state index contributed by atoms with van der Waals surface area (Å²) in [6.45, 7) is 2.06. The highest BCUT2D eigenvalue weighted by molar-refractivity contribution is 6.08. The van der Waals surface area contributed by atoms with Gasteiger partial charge in [-0.1, -0.05) is 50.1 Å². The summed E-state index contributed by atoms with van der Waals surface area (Å²) in [5.41, 5.74) is 1.42. The van der Waals surface area contributed by atoms with E-state index in [9.17, 15) is 4.79 Å². The first-order valence-electron chi connectivity index (χ1n) is 5.75. The molecule has 0 heterocycles. The van der Waals surface area contributed by atoms with Gasteiger partial charge >= 0.3 is 27.7 Å². The molecule has 3 heteroatoms. The Balaban J connectivity index is 0.000000281. The van der Waals surface area contributed by atoms with Crippen LogP contribution in [0.1, 0.15) is 38.2 Å². The van der Waals surface area contributed by atoms with Crippen molar-refractivity contribution in [3.8, 4) is 0 Å². The standard InChI is InChI=1S/C7H7.C6H12O2.Mg/c1-7-5-3-2-4-6-7;1-2-3-4-5-6(7)8;/h2-6H,1H2;2-5H2,1H3,(H,7,8);/q;;+2. The van der Waals surface area contributed by atoms with E-state index < -0.39 is 5.97 Å². The van der Waals surface area contributed by atoms with Crippen LogP contribution in [0.15, 0.2) is 30.3 Å². The number of carboxylic acids is 1. The Labute approximate surface area is 110 Å². The summed E-state index contributed by atoms with van der Waals surface area (Å²) in [4.78, 5) is 9.87. The van der Waals surface area contributed by atoms with Gasteiger partial charge in [0.2, 0.25) is 0 Å². The highest BCUT2D eigenvalue weighted by Gasteiger charge is 2.22. The molecule has 0 aliphatic heterocycles. The average molecular weight is 232 g/mol. The summed E-state index contributed by atoms with van der Waals surface area (Å²) in [6, 6.07) is 10.5. The lowest BCUT2D eigenvalue weighted by atomic mass is 10.2. The first kappa shape index (κ1) is 15.5. The van der Waals surface area contributed by atoms with Crippen LogP contribution in [0, 0.1) is 0 Å². The number of hydrogen-bond donors (Lipinski definition) is 1. The molecule has 0 spiro atoms. The molecule has 1 aromatic carbocycles. The molecule has 0 unspecified atom stereocenters. The Morgan fingerprint density at radius 3 is 2.25 bits per heavy atom. The lowest BCUT2D eigenvalue weighted by Crippen LogP contribution is -1.92. The van der Waals surface area contributed by atoms with Gasteiger partial charge in [-0.25, -0.2) is 0 Å². The molecule has 0 saturated heterocycles. The molecule has 0 aliphatic carbocycles. The molecule has 0 aromatic heterocycles. The van der Waals surface area contributed by atoms with Crippen LogP contribution >= 0.6 is 0 Å². The van der Waals surface area contributed by atoms with Crippen LogP contribution in [0.2, 0.25) is 0 Å². The van der Waals surface area contributed by atoms with E-state index in [4.69, 9.17) is 5.11 Å². The molecular weight excluding hydrogens is 212 g/mol. The number of carboxylic acid groups (broad SMARTS) is 1. The maximum Gasteiger partial charge on any atom is 1.42 e. The zero-order valence-electron chi connectivity index (χ0n) is 9.98. The molecule has 0 atom stereocenters. The molecular formula is C13H19MgO2+2. The quantitative estimate of drug-likeness (QED) is 0.625. The van der Waals surface area contributed by atoms with Crippen LogP contribution in [-0.4, -0.2) is 32.8 Å². The van der Waals surface area contributed by atoms with Gasteiger partial charge in [0.15, 0.2) is 0 Å². The molecule has 1 rings (SSSR count). The van der Waals surface area contributed by atoms with Crippen LogP contribution in [0.3, 0.4) is 0 Å². The van der Waals surface area contributed by atoms with E-state index in [0.717, 1.165) is 19.3 Å². The minimum atomic E-state index is -0.682. The van der Waals surface area contributed by atoms with Crippen LogP contribution in [0.25, 0.3) is 0 Å². The maximum atomic E-state index is 9.87. The predicted molar refractivity (Wildman–Crippen MR) is 67.7 cm³/mol. The van der Waals surface area contributed by atoms with Crippen molar-refractivity contribution >= 4 is 27.7 Å². The molecule has 16 heavy (non-hydrogen) atoms. The first-order chi connectivity index (χ1) is 7.70. The Morgan fingerprint density at radius 2 is 1.88 bits per heavy atom. The maximum absolute atomic E-state index is 9.87. The average Bonchev–Trinajstić information content (AvgIpc) is 2.31. The van der Waals surface area contributed by atoms with Crippen molar-refractivity contribution in [2.24, 2.45) is 0 Å². The minimum Gasteiger partial charge on any atom is -0.481 e. The van der Waals surface area contributed by atoms with Gasteiger partial charge < -0.3 is 5.11 Å². The van der Waals surface area contributed by atoms with E-state index in [2.05, 4.69) is 31.2 Å². The van der Waals surface area contributed by atoms with E-state index in [0.29, 0.717) is 6.42 Å². The topological polar surface area (TPSA) is 37.3 Å². The summed E-state index contributed by atoms with van der Waals surface area (Å²) in [5.74, 6) is -0.682. The van der Waals surface area contributed by atoms with Gasteiger partial charge in [0.05, 0.1) is 0 Å². The van der Waals surface area contributed by atoms with Gasteiger partial charge in [-0.2, -0.15) is 0 Å². The van der Waals surface area contributed by atoms with Gasteiger partial charge in [0, 0.05) is 12.0 Å². The van der Waals surface area contributed by atoms with E-state index in [-0.39, 0.29) is 0 Å². The fourth-order valence-corrected chi connectivity index (χ4v) is 1.50. The lowest BCUT2D eigenvalue weighted by molar-refractivity contribution is -0.137. The third-order valence-electron chi connectivity index (χ3n) is 2.13. The highest BCUT2D eigenvalue weighted by Crippen LogP contribution is 1.97. The summed E-state index contributed by atoms with van der Waals surface area (Å²) in [5, 5.41) is 8.14. The molecule has 7 radical (unpaired) electrons. The number of rotatable bonds is 5. The van der Waals surface area contributed by atoms with Crippen LogP contribution in [0.5, 0.6) is 0 Å². The number of aliphatic carboxylic acids is 1. The van der Waals surface area contributed by atoms with E-state index in [1.54, 1.807) is 0 Å². The molecule has 1 N–H and O–H groups in total. The molecule has 0 fully saturated rings. The molecule has 1 aromatic rings. The predicted octanol–water partition coefficient (Wildman–Crippen LogP) is 3.01. The van der Waals surface area contributed by atoms with Crippen molar-refractivity contribution in [3.63, 3.8) is 0 Å². The van der Waals surface area contributed by atoms with Gasteiger partial charge in [0.25, 0.3) is 4.55 Å². The Hall–Kier alpha value is -0.544. The van der Waals surface area contributed by atoms with Crippen molar-refractivity contribution in [2.45, 2.75) is 37.2 Å². The van der Waals surface area contributed by atoms with Crippen molar-refractivity contribution in [3.05, 3.63) is 35.9 Å². The molecule has 0 saturated carbocycles. The smallest absolute Gasteiger partial charge is 0.481 e. The zero-order valence-corrected chi connectivity index (χ0v) is 11.4. The first-order valence-corrected chi connectivity index (χ1v) is 6.75. The fourth-order valence-electron chi connectivity index (χ4n) is 1.17. The molecule has 0 bridgehead atoms. The number of benzene rings is 1. The molecule has 83 valence electrons. The second kappa shape index (κ2) is 11.0. The van der Waals surface area contributed by atoms with Crippen molar-refractivity contribution in [1.82, 2.24) is 0 Å². The Morgan fingerprint density at radius 1 is 1.25 bits per heavy atom. The molecule has 0 aliphatic rings. The summed E-state index contributed by atoms with van der Waals surface area (Å²) in [7, 11) is 0. The zero-order chi connectivity index (χ0) is 12.2. The molecule has 0 amide bonds. The third kappa shape index (κ3) is 9.99. The summed E-state index contributed by atoms with van der Waals surface area (Å²) in [6.07, 6.45) is 3.28. The van der Waals surface area contributed by atoms with Gasteiger partial charge in [-0.15, -0.1) is 0 Å². The Kier molecular flexibility index (Phi) is 10.6. The minimum absolute atomic E-state index is 0.327. The van der Waals surface area contributed by atoms with Crippen LogP contribution in [-0.2, 0) is 9.34 Å². The largest absolute Gasteiger partial charge is 1.42 e. The number of unbranched alkanes of at least 4 members (excludes halogenated alkanes) is 2. The summed E-state index contributed by atoms with van der Waals surface area (Å²) >= 11 is 1.98. The normalized spacial score (nSPS) is 9.12.